The molecule has 0 bridgehead atoms. The molecule has 3 N–H and O–H groups in total. The molecule has 0 aliphatic rings. The molecule has 0 aromatic heterocycles. The van der Waals surface area contributed by atoms with Crippen LogP contribution in [0.4, 0.5) is 5.69 Å². The minimum atomic E-state index is -3.46. The van der Waals surface area contributed by atoms with Gasteiger partial charge in [0, 0.05) is 0 Å². The van der Waals surface area contributed by atoms with Crippen LogP contribution in [0.2, 0.25) is 0 Å². The quantitative estimate of drug-likeness (QED) is 0.574. The number of para-hydroxylation sites is 2. The summed E-state index contributed by atoms with van der Waals surface area (Å²) in [7, 11) is -3.46. The van der Waals surface area contributed by atoms with Crippen molar-refractivity contribution in [3.8, 4) is 5.75 Å². The molecule has 2 aromatic carbocycles. The number of benzene rings is 2. The molecule has 2 amide bonds. The van der Waals surface area contributed by atoms with Crippen LogP contribution < -0.4 is 20.1 Å². The lowest BCUT2D eigenvalue weighted by Crippen LogP contribution is -2.46. The molecular formula is C20H25N3O5S. The Labute approximate surface area is 170 Å². The number of anilines is 1. The number of amides is 2. The van der Waals surface area contributed by atoms with E-state index in [9.17, 15) is 18.0 Å². The standard InChI is InChI=1S/C20H25N3O5S/c1-14(17-11-7-8-12-18(17)23-29(3,26)27)22-20(25)15(2)21-19(24)13-28-16-9-5-4-6-10-16/h4-12,14-15,23H,13H2,1-3H3,(H,21,24)(H,22,25)/t14-,15-/m1/s1. The van der Waals surface area contributed by atoms with E-state index in [4.69, 9.17) is 4.74 Å². The molecule has 9 heteroatoms. The number of hydrogen-bond donors (Lipinski definition) is 3. The molecule has 2 aromatic rings. The van der Waals surface area contributed by atoms with Crippen LogP contribution in [-0.2, 0) is 19.6 Å². The highest BCUT2D eigenvalue weighted by molar-refractivity contribution is 7.92. The van der Waals surface area contributed by atoms with Crippen LogP contribution in [0.3, 0.4) is 0 Å². The lowest BCUT2D eigenvalue weighted by Gasteiger charge is -2.21. The predicted molar refractivity (Wildman–Crippen MR) is 111 cm³/mol. The normalized spacial score (nSPS) is 13.1. The molecular weight excluding hydrogens is 394 g/mol. The van der Waals surface area contributed by atoms with Crippen molar-refractivity contribution in [2.75, 3.05) is 17.6 Å². The van der Waals surface area contributed by atoms with E-state index in [1.54, 1.807) is 62.4 Å². The number of sulfonamides is 1. The zero-order valence-corrected chi connectivity index (χ0v) is 17.3. The fraction of sp³-hybridized carbons (Fsp3) is 0.300. The van der Waals surface area contributed by atoms with Gasteiger partial charge in [-0.25, -0.2) is 8.42 Å². The molecule has 0 saturated heterocycles. The first-order valence-corrected chi connectivity index (χ1v) is 10.9. The number of nitrogens with one attached hydrogen (secondary N) is 3. The average Bonchev–Trinajstić information content (AvgIpc) is 2.66. The molecule has 0 saturated carbocycles. The Balaban J connectivity index is 1.91. The van der Waals surface area contributed by atoms with Crippen molar-refractivity contribution < 1.29 is 22.7 Å². The highest BCUT2D eigenvalue weighted by Gasteiger charge is 2.20. The Morgan fingerprint density at radius 1 is 0.966 bits per heavy atom. The van der Waals surface area contributed by atoms with E-state index >= 15 is 0 Å². The first-order valence-electron chi connectivity index (χ1n) is 9.00. The van der Waals surface area contributed by atoms with E-state index in [0.29, 0.717) is 17.0 Å². The summed E-state index contributed by atoms with van der Waals surface area (Å²) in [5.74, 6) is -0.272. The van der Waals surface area contributed by atoms with Crippen molar-refractivity contribution in [3.05, 3.63) is 60.2 Å². The topological polar surface area (TPSA) is 114 Å². The third kappa shape index (κ3) is 7.46. The summed E-state index contributed by atoms with van der Waals surface area (Å²) in [5, 5.41) is 5.34. The monoisotopic (exact) mass is 419 g/mol. The van der Waals surface area contributed by atoms with E-state index in [1.807, 2.05) is 6.07 Å². The Hall–Kier alpha value is -3.07. The van der Waals surface area contributed by atoms with Gasteiger partial charge < -0.3 is 15.4 Å². The summed E-state index contributed by atoms with van der Waals surface area (Å²) in [4.78, 5) is 24.4. The molecule has 8 nitrogen and oxygen atoms in total. The van der Waals surface area contributed by atoms with Crippen molar-refractivity contribution in [2.45, 2.75) is 25.9 Å². The van der Waals surface area contributed by atoms with Crippen molar-refractivity contribution in [1.29, 1.82) is 0 Å². The summed E-state index contributed by atoms with van der Waals surface area (Å²) >= 11 is 0. The maximum Gasteiger partial charge on any atom is 0.258 e. The van der Waals surface area contributed by atoms with Crippen molar-refractivity contribution in [2.24, 2.45) is 0 Å². The van der Waals surface area contributed by atoms with Gasteiger partial charge in [-0.1, -0.05) is 36.4 Å². The zero-order valence-electron chi connectivity index (χ0n) is 16.5. The number of rotatable bonds is 9. The lowest BCUT2D eigenvalue weighted by molar-refractivity contribution is -0.129. The third-order valence-electron chi connectivity index (χ3n) is 3.97. The van der Waals surface area contributed by atoms with Crippen molar-refractivity contribution in [1.82, 2.24) is 10.6 Å². The van der Waals surface area contributed by atoms with E-state index in [1.165, 1.54) is 0 Å². The molecule has 0 radical (unpaired) electrons. The van der Waals surface area contributed by atoms with E-state index < -0.39 is 33.9 Å². The fourth-order valence-electron chi connectivity index (χ4n) is 2.60. The van der Waals surface area contributed by atoms with Crippen LogP contribution in [0.15, 0.2) is 54.6 Å². The highest BCUT2D eigenvalue weighted by atomic mass is 32.2. The van der Waals surface area contributed by atoms with Crippen LogP contribution in [-0.4, -0.2) is 39.1 Å². The van der Waals surface area contributed by atoms with Crippen molar-refractivity contribution >= 4 is 27.5 Å². The third-order valence-corrected chi connectivity index (χ3v) is 4.56. The first kappa shape index (κ1) is 22.2. The predicted octanol–water partition coefficient (Wildman–Crippen LogP) is 1.82. The minimum Gasteiger partial charge on any atom is -0.484 e. The number of ether oxygens (including phenoxy) is 1. The van der Waals surface area contributed by atoms with Gasteiger partial charge in [0.2, 0.25) is 15.9 Å². The highest BCUT2D eigenvalue weighted by Crippen LogP contribution is 2.23. The zero-order chi connectivity index (χ0) is 21.4. The molecule has 2 rings (SSSR count). The van der Waals surface area contributed by atoms with Crippen LogP contribution in [0.25, 0.3) is 0 Å². The Morgan fingerprint density at radius 3 is 2.24 bits per heavy atom. The second-order valence-corrected chi connectivity index (χ2v) is 8.33. The lowest BCUT2D eigenvalue weighted by atomic mass is 10.1. The van der Waals surface area contributed by atoms with Gasteiger partial charge in [0.1, 0.15) is 11.8 Å². The molecule has 0 unspecified atom stereocenters. The minimum absolute atomic E-state index is 0.210. The summed E-state index contributed by atoms with van der Waals surface area (Å²) in [5.41, 5.74) is 0.993. The Morgan fingerprint density at radius 2 is 1.59 bits per heavy atom. The number of carbonyl (C=O) groups is 2. The Kier molecular flexibility index (Phi) is 7.60. The van der Waals surface area contributed by atoms with Gasteiger partial charge in [-0.3, -0.25) is 14.3 Å². The van der Waals surface area contributed by atoms with Gasteiger partial charge in [0.15, 0.2) is 6.61 Å². The van der Waals surface area contributed by atoms with Gasteiger partial charge in [0.25, 0.3) is 5.91 Å². The van der Waals surface area contributed by atoms with Gasteiger partial charge in [0.05, 0.1) is 18.0 Å². The molecule has 29 heavy (non-hydrogen) atoms. The maximum atomic E-state index is 12.4. The summed E-state index contributed by atoms with van der Waals surface area (Å²) in [6.07, 6.45) is 1.06. The largest absolute Gasteiger partial charge is 0.484 e. The van der Waals surface area contributed by atoms with Gasteiger partial charge >= 0.3 is 0 Å². The molecule has 0 heterocycles. The van der Waals surface area contributed by atoms with Crippen LogP contribution in [0.5, 0.6) is 5.75 Å². The van der Waals surface area contributed by atoms with Gasteiger partial charge in [-0.15, -0.1) is 0 Å². The van der Waals surface area contributed by atoms with Crippen molar-refractivity contribution in [3.63, 3.8) is 0 Å². The smallest absolute Gasteiger partial charge is 0.258 e. The summed E-state index contributed by atoms with van der Waals surface area (Å²) in [6, 6.07) is 14.4. The second kappa shape index (κ2) is 9.92. The molecule has 156 valence electrons. The SMILES string of the molecule is C[C@@H](NC(=O)COc1ccccc1)C(=O)N[C@H](C)c1ccccc1NS(C)(=O)=O. The summed E-state index contributed by atoms with van der Waals surface area (Å²) in [6.45, 7) is 3.08. The molecule has 0 aliphatic carbocycles. The van der Waals surface area contributed by atoms with Gasteiger partial charge in [-0.05, 0) is 37.6 Å². The van der Waals surface area contributed by atoms with E-state index in [-0.39, 0.29) is 6.61 Å². The summed E-state index contributed by atoms with van der Waals surface area (Å²) < 4.78 is 30.9. The maximum absolute atomic E-state index is 12.4. The van der Waals surface area contributed by atoms with Crippen LogP contribution in [0, 0.1) is 0 Å². The molecule has 0 fully saturated rings. The Bertz CT molecular complexity index is 948. The number of carbonyl (C=O) groups excluding carboxylic acids is 2. The second-order valence-electron chi connectivity index (χ2n) is 6.58. The van der Waals surface area contributed by atoms with Crippen LogP contribution >= 0.6 is 0 Å². The molecule has 0 aliphatic heterocycles. The van der Waals surface area contributed by atoms with Gasteiger partial charge in [-0.2, -0.15) is 0 Å². The van der Waals surface area contributed by atoms with E-state index in [2.05, 4.69) is 15.4 Å². The van der Waals surface area contributed by atoms with E-state index in [0.717, 1.165) is 6.26 Å². The average molecular weight is 420 g/mol. The fourth-order valence-corrected chi connectivity index (χ4v) is 3.18. The van der Waals surface area contributed by atoms with Crippen LogP contribution in [0.1, 0.15) is 25.5 Å². The first-order chi connectivity index (χ1) is 13.7. The number of hydrogen-bond acceptors (Lipinski definition) is 5. The molecule has 0 spiro atoms. The molecule has 2 atom stereocenters.